The maximum absolute atomic E-state index is 11.6. The first-order valence-electron chi connectivity index (χ1n) is 5.21. The summed E-state index contributed by atoms with van der Waals surface area (Å²) in [4.78, 5) is 11.6. The molecule has 0 aliphatic carbocycles. The highest BCUT2D eigenvalue weighted by atomic mass is 16.2. The van der Waals surface area contributed by atoms with Crippen LogP contribution in [0.2, 0.25) is 0 Å². The number of hydrogen-bond acceptors (Lipinski definition) is 2. The molecular formula is C13H16N2O. The maximum Gasteiger partial charge on any atom is 0.225 e. The summed E-state index contributed by atoms with van der Waals surface area (Å²) in [7, 11) is 0. The third-order valence-electron chi connectivity index (χ3n) is 2.19. The van der Waals surface area contributed by atoms with E-state index in [0.717, 1.165) is 5.56 Å². The minimum absolute atomic E-state index is 0.00913. The van der Waals surface area contributed by atoms with Crippen molar-refractivity contribution in [2.24, 2.45) is 5.41 Å². The van der Waals surface area contributed by atoms with Crippen molar-refractivity contribution in [2.75, 3.05) is 0 Å². The second-order valence-corrected chi connectivity index (χ2v) is 4.74. The van der Waals surface area contributed by atoms with Crippen molar-refractivity contribution in [1.29, 1.82) is 5.26 Å². The average Bonchev–Trinajstić information content (AvgIpc) is 2.25. The standard InChI is InChI=1S/C13H16N2O/c1-13(2,3)12(16)15-9-11-6-4-5-10(7-11)8-14/h4-7H,9H2,1-3H3,(H,15,16). The molecule has 0 saturated carbocycles. The zero-order valence-corrected chi connectivity index (χ0v) is 9.87. The predicted molar refractivity (Wildman–Crippen MR) is 62.5 cm³/mol. The Labute approximate surface area is 96.1 Å². The van der Waals surface area contributed by atoms with Crippen LogP contribution in [0.4, 0.5) is 0 Å². The number of rotatable bonds is 2. The van der Waals surface area contributed by atoms with E-state index in [1.54, 1.807) is 12.1 Å². The predicted octanol–water partition coefficient (Wildman–Crippen LogP) is 2.22. The van der Waals surface area contributed by atoms with Crippen LogP contribution in [-0.4, -0.2) is 5.91 Å². The summed E-state index contributed by atoms with van der Waals surface area (Å²) >= 11 is 0. The van der Waals surface area contributed by atoms with Crippen LogP contribution in [0.1, 0.15) is 31.9 Å². The second-order valence-electron chi connectivity index (χ2n) is 4.74. The molecule has 16 heavy (non-hydrogen) atoms. The van der Waals surface area contributed by atoms with Crippen LogP contribution in [-0.2, 0) is 11.3 Å². The van der Waals surface area contributed by atoms with Gasteiger partial charge < -0.3 is 5.32 Å². The summed E-state index contributed by atoms with van der Waals surface area (Å²) < 4.78 is 0. The Kier molecular flexibility index (Phi) is 3.68. The molecule has 1 N–H and O–H groups in total. The first-order valence-corrected chi connectivity index (χ1v) is 5.21. The van der Waals surface area contributed by atoms with Crippen LogP contribution in [0.15, 0.2) is 24.3 Å². The first kappa shape index (κ1) is 12.3. The molecule has 1 amide bonds. The van der Waals surface area contributed by atoms with Gasteiger partial charge in [0.05, 0.1) is 11.6 Å². The fourth-order valence-corrected chi connectivity index (χ4v) is 1.20. The van der Waals surface area contributed by atoms with Crippen molar-refractivity contribution in [3.8, 4) is 6.07 Å². The van der Waals surface area contributed by atoms with Gasteiger partial charge in [0.25, 0.3) is 0 Å². The zero-order valence-electron chi connectivity index (χ0n) is 9.87. The number of carbonyl (C=O) groups is 1. The van der Waals surface area contributed by atoms with E-state index < -0.39 is 0 Å². The van der Waals surface area contributed by atoms with Gasteiger partial charge in [-0.3, -0.25) is 4.79 Å². The van der Waals surface area contributed by atoms with E-state index in [1.165, 1.54) is 0 Å². The molecule has 0 unspecified atom stereocenters. The summed E-state index contributed by atoms with van der Waals surface area (Å²) in [6, 6.07) is 9.31. The summed E-state index contributed by atoms with van der Waals surface area (Å²) in [6.07, 6.45) is 0. The molecule has 0 aliphatic heterocycles. The van der Waals surface area contributed by atoms with E-state index in [9.17, 15) is 4.79 Å². The SMILES string of the molecule is CC(C)(C)C(=O)NCc1cccc(C#N)c1. The van der Waals surface area contributed by atoms with Crippen molar-refractivity contribution in [3.63, 3.8) is 0 Å². The molecule has 0 saturated heterocycles. The summed E-state index contributed by atoms with van der Waals surface area (Å²) in [5.74, 6) is 0.00913. The third-order valence-corrected chi connectivity index (χ3v) is 2.19. The van der Waals surface area contributed by atoms with Gasteiger partial charge in [-0.05, 0) is 17.7 Å². The van der Waals surface area contributed by atoms with Gasteiger partial charge in [0, 0.05) is 12.0 Å². The number of carbonyl (C=O) groups excluding carboxylic acids is 1. The number of hydrogen-bond donors (Lipinski definition) is 1. The lowest BCUT2D eigenvalue weighted by atomic mass is 9.95. The Morgan fingerprint density at radius 2 is 2.12 bits per heavy atom. The molecule has 0 spiro atoms. The lowest BCUT2D eigenvalue weighted by Gasteiger charge is -2.17. The van der Waals surface area contributed by atoms with Gasteiger partial charge >= 0.3 is 0 Å². The van der Waals surface area contributed by atoms with E-state index in [2.05, 4.69) is 11.4 Å². The largest absolute Gasteiger partial charge is 0.352 e. The number of benzene rings is 1. The highest BCUT2D eigenvalue weighted by molar-refractivity contribution is 5.81. The highest BCUT2D eigenvalue weighted by Crippen LogP contribution is 2.13. The Morgan fingerprint density at radius 1 is 1.44 bits per heavy atom. The molecule has 1 aromatic rings. The molecule has 0 heterocycles. The Bertz CT molecular complexity index is 424. The monoisotopic (exact) mass is 216 g/mol. The third kappa shape index (κ3) is 3.39. The van der Waals surface area contributed by atoms with Crippen LogP contribution < -0.4 is 5.32 Å². The lowest BCUT2D eigenvalue weighted by Crippen LogP contribution is -2.34. The van der Waals surface area contributed by atoms with Gasteiger partial charge in [0.2, 0.25) is 5.91 Å². The number of nitriles is 1. The molecule has 0 fully saturated rings. The molecule has 0 atom stereocenters. The first-order chi connectivity index (χ1) is 7.43. The molecule has 0 radical (unpaired) electrons. The van der Waals surface area contributed by atoms with E-state index in [-0.39, 0.29) is 11.3 Å². The van der Waals surface area contributed by atoms with Crippen LogP contribution in [0.25, 0.3) is 0 Å². The number of nitrogens with zero attached hydrogens (tertiary/aromatic N) is 1. The molecule has 0 bridgehead atoms. The van der Waals surface area contributed by atoms with Crippen molar-refractivity contribution in [3.05, 3.63) is 35.4 Å². The summed E-state index contributed by atoms with van der Waals surface area (Å²) in [5.41, 5.74) is 1.17. The lowest BCUT2D eigenvalue weighted by molar-refractivity contribution is -0.128. The fourth-order valence-electron chi connectivity index (χ4n) is 1.20. The Morgan fingerprint density at radius 3 is 2.69 bits per heavy atom. The molecule has 84 valence electrons. The highest BCUT2D eigenvalue weighted by Gasteiger charge is 2.20. The molecule has 1 rings (SSSR count). The smallest absolute Gasteiger partial charge is 0.225 e. The van der Waals surface area contributed by atoms with E-state index in [0.29, 0.717) is 12.1 Å². The Balaban J connectivity index is 2.62. The fraction of sp³-hybridized carbons (Fsp3) is 0.385. The van der Waals surface area contributed by atoms with E-state index in [4.69, 9.17) is 5.26 Å². The van der Waals surface area contributed by atoms with Gasteiger partial charge in [-0.2, -0.15) is 5.26 Å². The molecule has 3 heteroatoms. The van der Waals surface area contributed by atoms with Gasteiger partial charge in [0.1, 0.15) is 0 Å². The topological polar surface area (TPSA) is 52.9 Å². The molecule has 0 aliphatic rings. The maximum atomic E-state index is 11.6. The quantitative estimate of drug-likeness (QED) is 0.824. The van der Waals surface area contributed by atoms with Crippen LogP contribution in [0.5, 0.6) is 0 Å². The molecule has 0 aromatic heterocycles. The van der Waals surface area contributed by atoms with Crippen molar-refractivity contribution >= 4 is 5.91 Å². The number of nitrogens with one attached hydrogen (secondary N) is 1. The molecule has 1 aromatic carbocycles. The molecular weight excluding hydrogens is 200 g/mol. The zero-order chi connectivity index (χ0) is 12.2. The van der Waals surface area contributed by atoms with Crippen molar-refractivity contribution < 1.29 is 4.79 Å². The minimum Gasteiger partial charge on any atom is -0.352 e. The van der Waals surface area contributed by atoms with E-state index >= 15 is 0 Å². The normalized spacial score (nSPS) is 10.6. The number of amides is 1. The second kappa shape index (κ2) is 4.80. The minimum atomic E-state index is -0.382. The van der Waals surface area contributed by atoms with Crippen LogP contribution in [0, 0.1) is 16.7 Å². The van der Waals surface area contributed by atoms with Gasteiger partial charge in [-0.15, -0.1) is 0 Å². The van der Waals surface area contributed by atoms with Crippen LogP contribution in [0.3, 0.4) is 0 Å². The van der Waals surface area contributed by atoms with E-state index in [1.807, 2.05) is 32.9 Å². The summed E-state index contributed by atoms with van der Waals surface area (Å²) in [5, 5.41) is 11.6. The molecule has 3 nitrogen and oxygen atoms in total. The average molecular weight is 216 g/mol. The van der Waals surface area contributed by atoms with Crippen LogP contribution >= 0.6 is 0 Å². The summed E-state index contributed by atoms with van der Waals surface area (Å²) in [6.45, 7) is 6.07. The van der Waals surface area contributed by atoms with Crippen molar-refractivity contribution in [2.45, 2.75) is 27.3 Å². The van der Waals surface area contributed by atoms with Gasteiger partial charge in [-0.25, -0.2) is 0 Å². The van der Waals surface area contributed by atoms with Crippen molar-refractivity contribution in [1.82, 2.24) is 5.32 Å². The van der Waals surface area contributed by atoms with Gasteiger partial charge in [0.15, 0.2) is 0 Å². The Hall–Kier alpha value is -1.82. The van der Waals surface area contributed by atoms with Gasteiger partial charge in [-0.1, -0.05) is 32.9 Å².